The van der Waals surface area contributed by atoms with Crippen LogP contribution in [0.1, 0.15) is 26.2 Å². The van der Waals surface area contributed by atoms with Crippen molar-refractivity contribution in [3.8, 4) is 0 Å². The Morgan fingerprint density at radius 3 is 2.73 bits per heavy atom. The molecule has 120 valence electrons. The third kappa shape index (κ3) is 3.22. The van der Waals surface area contributed by atoms with E-state index < -0.39 is 22.2 Å². The van der Waals surface area contributed by atoms with Crippen molar-refractivity contribution in [1.82, 2.24) is 0 Å². The van der Waals surface area contributed by atoms with Crippen LogP contribution in [0, 0.1) is 0 Å². The minimum absolute atomic E-state index is 0.0761. The largest absolute Gasteiger partial charge is 0.433 e. The van der Waals surface area contributed by atoms with Gasteiger partial charge in [0.2, 0.25) is 10.0 Å². The van der Waals surface area contributed by atoms with E-state index in [1.165, 1.54) is 0 Å². The number of amides is 1. The molecule has 0 saturated carbocycles. The Morgan fingerprint density at radius 2 is 2.05 bits per heavy atom. The van der Waals surface area contributed by atoms with Crippen LogP contribution in [0.4, 0.5) is 11.4 Å². The zero-order valence-corrected chi connectivity index (χ0v) is 13.0. The molecular weight excluding hydrogens is 308 g/mol. The van der Waals surface area contributed by atoms with Crippen molar-refractivity contribution in [2.24, 2.45) is 0 Å². The molecule has 0 saturated heterocycles. The van der Waals surface area contributed by atoms with Gasteiger partial charge in [0.25, 0.3) is 18.6 Å². The highest BCUT2D eigenvalue weighted by Gasteiger charge is 2.41. The Labute approximate surface area is 129 Å². The average Bonchev–Trinajstić information content (AvgIpc) is 2.48. The molecule has 0 radical (unpaired) electrons. The van der Waals surface area contributed by atoms with Gasteiger partial charge in [0.05, 0.1) is 17.1 Å². The Kier molecular flexibility index (Phi) is 5.02. The molecule has 0 fully saturated rings. The molecule has 1 atom stereocenters. The molecule has 1 aromatic carbocycles. The number of nitrogens with one attached hydrogen (secondary N) is 1. The molecule has 0 aliphatic carbocycles. The van der Waals surface area contributed by atoms with Crippen LogP contribution in [0.2, 0.25) is 0 Å². The minimum atomic E-state index is -3.78. The molecule has 7 nitrogen and oxygen atoms in total. The summed E-state index contributed by atoms with van der Waals surface area (Å²) in [4.78, 5) is 22.7. The zero-order chi connectivity index (χ0) is 16.2. The summed E-state index contributed by atoms with van der Waals surface area (Å²) in [6.07, 6.45) is 0.604. The van der Waals surface area contributed by atoms with Crippen molar-refractivity contribution in [3.05, 3.63) is 24.3 Å². The first-order chi connectivity index (χ1) is 10.5. The van der Waals surface area contributed by atoms with Gasteiger partial charge in [0, 0.05) is 0 Å². The number of hydrogen-bond donors (Lipinski definition) is 1. The minimum Gasteiger partial charge on any atom is -0.433 e. The lowest BCUT2D eigenvalue weighted by atomic mass is 10.2. The van der Waals surface area contributed by atoms with Gasteiger partial charge in [-0.1, -0.05) is 31.9 Å². The van der Waals surface area contributed by atoms with Gasteiger partial charge in [-0.25, -0.2) is 12.7 Å². The molecule has 1 aromatic rings. The van der Waals surface area contributed by atoms with Crippen LogP contribution in [0.15, 0.2) is 24.3 Å². The summed E-state index contributed by atoms with van der Waals surface area (Å²) >= 11 is 0. The quantitative estimate of drug-likeness (QED) is 0.605. The lowest BCUT2D eigenvalue weighted by molar-refractivity contribution is -0.141. The maximum Gasteiger partial charge on any atom is 0.295 e. The van der Waals surface area contributed by atoms with Gasteiger partial charge in [-0.2, -0.15) is 0 Å². The van der Waals surface area contributed by atoms with E-state index in [4.69, 9.17) is 4.74 Å². The van der Waals surface area contributed by atoms with E-state index in [1.54, 1.807) is 24.3 Å². The summed E-state index contributed by atoms with van der Waals surface area (Å²) in [5.74, 6) is -0.800. The van der Waals surface area contributed by atoms with Crippen molar-refractivity contribution in [1.29, 1.82) is 0 Å². The molecule has 0 aromatic heterocycles. The number of fused-ring (bicyclic) bond motifs is 1. The van der Waals surface area contributed by atoms with E-state index in [0.717, 1.165) is 17.1 Å². The van der Waals surface area contributed by atoms with Gasteiger partial charge in [-0.15, -0.1) is 0 Å². The van der Waals surface area contributed by atoms with Gasteiger partial charge in [-0.05, 0) is 18.6 Å². The lowest BCUT2D eigenvalue weighted by Crippen LogP contribution is -2.52. The summed E-state index contributed by atoms with van der Waals surface area (Å²) in [6.45, 7) is 2.04. The van der Waals surface area contributed by atoms with Crippen LogP contribution in [-0.2, 0) is 24.3 Å². The Bertz CT molecular complexity index is 659. The Hall–Kier alpha value is -2.09. The number of nitrogens with zero attached hydrogens (tertiary/aromatic N) is 1. The van der Waals surface area contributed by atoms with Crippen LogP contribution < -0.4 is 9.62 Å². The number of anilines is 2. The first-order valence-electron chi connectivity index (χ1n) is 7.02. The number of carbonyl (C=O) groups excluding carboxylic acids is 2. The van der Waals surface area contributed by atoms with E-state index in [-0.39, 0.29) is 12.2 Å². The fourth-order valence-corrected chi connectivity index (χ4v) is 3.96. The topological polar surface area (TPSA) is 92.8 Å². The summed E-state index contributed by atoms with van der Waals surface area (Å²) in [5.41, 5.74) is 0.669. The maximum absolute atomic E-state index is 12.6. The van der Waals surface area contributed by atoms with Gasteiger partial charge in [0.15, 0.2) is 0 Å². The second-order valence-electron chi connectivity index (χ2n) is 4.91. The first kappa shape index (κ1) is 16.3. The Morgan fingerprint density at radius 1 is 1.32 bits per heavy atom. The number of carbonyl (C=O) groups is 2. The van der Waals surface area contributed by atoms with Crippen molar-refractivity contribution in [2.75, 3.05) is 15.4 Å². The monoisotopic (exact) mass is 326 g/mol. The first-order valence-corrected chi connectivity index (χ1v) is 8.63. The van der Waals surface area contributed by atoms with E-state index in [9.17, 15) is 18.0 Å². The van der Waals surface area contributed by atoms with Crippen molar-refractivity contribution in [3.63, 3.8) is 0 Å². The van der Waals surface area contributed by atoms with Crippen LogP contribution in [-0.4, -0.2) is 32.8 Å². The summed E-state index contributed by atoms with van der Waals surface area (Å²) < 4.78 is 30.8. The number of rotatable bonds is 7. The van der Waals surface area contributed by atoms with E-state index >= 15 is 0 Å². The number of benzene rings is 1. The average molecular weight is 326 g/mol. The van der Waals surface area contributed by atoms with E-state index in [2.05, 4.69) is 5.32 Å². The predicted octanol–water partition coefficient (Wildman–Crippen LogP) is 1.46. The number of sulfonamides is 1. The lowest BCUT2D eigenvalue weighted by Gasteiger charge is -2.35. The smallest absolute Gasteiger partial charge is 0.295 e. The highest BCUT2D eigenvalue weighted by Crippen LogP contribution is 2.34. The second-order valence-corrected chi connectivity index (χ2v) is 6.88. The number of ether oxygens (including phenoxy) is 1. The Balaban J connectivity index is 2.42. The molecule has 0 spiro atoms. The predicted molar refractivity (Wildman–Crippen MR) is 81.8 cm³/mol. The summed E-state index contributed by atoms with van der Waals surface area (Å²) in [6, 6.07) is 6.50. The van der Waals surface area contributed by atoms with Crippen LogP contribution >= 0.6 is 0 Å². The van der Waals surface area contributed by atoms with E-state index in [0.29, 0.717) is 17.8 Å². The van der Waals surface area contributed by atoms with Crippen LogP contribution in [0.3, 0.4) is 0 Å². The molecular formula is C14H18N2O5S. The van der Waals surface area contributed by atoms with Gasteiger partial charge < -0.3 is 10.1 Å². The maximum atomic E-state index is 12.6. The molecule has 2 rings (SSSR count). The third-order valence-corrected chi connectivity index (χ3v) is 5.12. The second kappa shape index (κ2) is 6.78. The molecule has 1 aliphatic rings. The van der Waals surface area contributed by atoms with Crippen LogP contribution in [0.25, 0.3) is 0 Å². The fourth-order valence-electron chi connectivity index (χ4n) is 2.30. The highest BCUT2D eigenvalue weighted by atomic mass is 32.2. The van der Waals surface area contributed by atoms with E-state index in [1.807, 2.05) is 6.92 Å². The molecule has 1 unspecified atom stereocenters. The molecule has 0 bridgehead atoms. The SMILES string of the molecule is CCCCCS(=O)(=O)N1c2ccccc2NC(=O)C1OC=O. The number of para-hydroxylation sites is 2. The normalized spacial score (nSPS) is 17.6. The zero-order valence-electron chi connectivity index (χ0n) is 12.2. The van der Waals surface area contributed by atoms with Crippen molar-refractivity contribution >= 4 is 33.8 Å². The molecule has 1 N–H and O–H groups in total. The van der Waals surface area contributed by atoms with Crippen molar-refractivity contribution in [2.45, 2.75) is 32.4 Å². The molecule has 1 amide bonds. The fraction of sp³-hybridized carbons (Fsp3) is 0.429. The van der Waals surface area contributed by atoms with Gasteiger partial charge >= 0.3 is 0 Å². The summed E-state index contributed by atoms with van der Waals surface area (Å²) in [7, 11) is -3.78. The third-order valence-electron chi connectivity index (χ3n) is 3.33. The molecule has 1 heterocycles. The number of hydrogen-bond acceptors (Lipinski definition) is 5. The standard InChI is InChI=1S/C14H18N2O5S/c1-2-3-6-9-22(19,20)16-12-8-5-4-7-11(12)15-13(18)14(16)21-10-17/h4-5,7-8,10,14H,2-3,6,9H2,1H3,(H,15,18). The molecule has 8 heteroatoms. The van der Waals surface area contributed by atoms with Gasteiger partial charge in [-0.3, -0.25) is 9.59 Å². The van der Waals surface area contributed by atoms with Gasteiger partial charge in [0.1, 0.15) is 0 Å². The molecule has 22 heavy (non-hydrogen) atoms. The molecule has 1 aliphatic heterocycles. The van der Waals surface area contributed by atoms with Crippen molar-refractivity contribution < 1.29 is 22.7 Å². The summed E-state index contributed by atoms with van der Waals surface area (Å²) in [5, 5.41) is 2.54. The van der Waals surface area contributed by atoms with Crippen LogP contribution in [0.5, 0.6) is 0 Å². The number of unbranched alkanes of at least 4 members (excludes halogenated alkanes) is 2. The highest BCUT2D eigenvalue weighted by molar-refractivity contribution is 7.92.